The van der Waals surface area contributed by atoms with Gasteiger partial charge in [0.05, 0.1) is 22.3 Å². The molecular formula is C29H20ClF8N9O2S. The second-order valence-electron chi connectivity index (χ2n) is 10.7. The van der Waals surface area contributed by atoms with Crippen molar-refractivity contribution in [2.75, 3.05) is 0 Å². The predicted molar refractivity (Wildman–Crippen MR) is 161 cm³/mol. The molecule has 1 N–H and O–H groups in total. The number of ketones is 1. The lowest BCUT2D eigenvalue weighted by atomic mass is 9.93. The number of hydrogen-bond donors (Lipinski definition) is 1. The molecule has 5 rings (SSSR count). The van der Waals surface area contributed by atoms with Gasteiger partial charge in [-0.25, -0.2) is 9.67 Å². The molecule has 11 nitrogen and oxygen atoms in total. The third-order valence-electron chi connectivity index (χ3n) is 6.98. The van der Waals surface area contributed by atoms with E-state index in [0.29, 0.717) is 10.4 Å². The molecule has 0 saturated carbocycles. The van der Waals surface area contributed by atoms with Gasteiger partial charge in [0.2, 0.25) is 0 Å². The summed E-state index contributed by atoms with van der Waals surface area (Å²) in [5.41, 5.74) is -0.335. The van der Waals surface area contributed by atoms with E-state index in [2.05, 4.69) is 30.8 Å². The first-order valence-electron chi connectivity index (χ1n) is 13.9. The highest BCUT2D eigenvalue weighted by molar-refractivity contribution is 8.45. The predicted octanol–water partition coefficient (Wildman–Crippen LogP) is 7.17. The highest BCUT2D eigenvalue weighted by Gasteiger charge is 2.65. The fourth-order valence-corrected chi connectivity index (χ4v) is 5.62. The van der Waals surface area contributed by atoms with Crippen LogP contribution in [0.1, 0.15) is 54.6 Å². The number of carbonyl (C=O) groups excluding carboxylic acids is 2. The van der Waals surface area contributed by atoms with E-state index in [0.717, 1.165) is 22.9 Å². The van der Waals surface area contributed by atoms with Gasteiger partial charge in [0, 0.05) is 24.7 Å². The summed E-state index contributed by atoms with van der Waals surface area (Å²) in [6.45, 7) is 0.406. The van der Waals surface area contributed by atoms with Crippen LogP contribution in [0.5, 0.6) is 0 Å². The van der Waals surface area contributed by atoms with Crippen LogP contribution in [0.25, 0.3) is 5.82 Å². The fourth-order valence-electron chi connectivity index (χ4n) is 4.71. The number of halogens is 9. The Morgan fingerprint density at radius 1 is 1.02 bits per heavy atom. The molecule has 0 aliphatic heterocycles. The Labute approximate surface area is 281 Å². The number of rotatable bonds is 10. The number of aryl methyl sites for hydroxylation is 1. The summed E-state index contributed by atoms with van der Waals surface area (Å²) in [5, 5.41) is 25.7. The molecule has 0 spiro atoms. The smallest absolute Gasteiger partial charge is 0.348 e. The number of aromatic nitrogens is 7. The molecule has 0 aliphatic carbocycles. The Bertz CT molecular complexity index is 2200. The van der Waals surface area contributed by atoms with E-state index in [1.807, 2.05) is 6.07 Å². The topological polar surface area (TPSA) is 144 Å². The molecule has 21 heteroatoms. The van der Waals surface area contributed by atoms with Gasteiger partial charge >= 0.3 is 16.4 Å². The van der Waals surface area contributed by atoms with E-state index in [4.69, 9.17) is 11.6 Å². The number of carbonyl (C=O) groups is 2. The summed E-state index contributed by atoms with van der Waals surface area (Å²) in [7, 11) is -10.0. The SMILES string of the molecule is Cc1cc(C#N)cc(C(=O)NCc2cccc(S(F)(F)(F)(F)F)c2)c1CC(=O)c1cc(Cn2nnc(C(F)(F)F)n2)nn1-c1ncccc1Cl. The van der Waals surface area contributed by atoms with Crippen LogP contribution in [0.2, 0.25) is 5.02 Å². The van der Waals surface area contributed by atoms with Crippen molar-refractivity contribution in [3.63, 3.8) is 0 Å². The number of Topliss-reactive ketones (excluding diaryl/α,β-unsaturated/α-hetero) is 1. The van der Waals surface area contributed by atoms with E-state index >= 15 is 0 Å². The summed E-state index contributed by atoms with van der Waals surface area (Å²) >= 11 is 6.29. The molecule has 50 heavy (non-hydrogen) atoms. The third-order valence-corrected chi connectivity index (χ3v) is 8.42. The molecule has 0 radical (unpaired) electrons. The molecule has 5 aromatic rings. The second kappa shape index (κ2) is 12.2. The lowest BCUT2D eigenvalue weighted by Crippen LogP contribution is -2.25. The zero-order chi connectivity index (χ0) is 36.7. The van der Waals surface area contributed by atoms with Gasteiger partial charge < -0.3 is 5.32 Å². The molecule has 2 aromatic carbocycles. The number of pyridine rings is 1. The molecule has 0 atom stereocenters. The number of nitrogens with one attached hydrogen (secondary N) is 1. The van der Waals surface area contributed by atoms with Gasteiger partial charge in [-0.05, 0) is 71.3 Å². The van der Waals surface area contributed by atoms with Crippen LogP contribution in [0.4, 0.5) is 32.6 Å². The van der Waals surface area contributed by atoms with E-state index in [9.17, 15) is 47.5 Å². The summed E-state index contributed by atoms with van der Waals surface area (Å²) in [6, 6.07) is 10.8. The molecule has 262 valence electrons. The standard InChI is InChI=1S/C29H20ClF8N9O2S/c1-16-8-18(13-39)10-22(27(49)41-14-17-4-2-5-20(9-17)50(34,35,36,37)38)21(16)12-25(48)24-11-19(15-46-44-28(42-45-46)29(31,32)33)43-47(24)26-23(30)6-3-7-40-26/h2-11H,12,14-15H2,1H3,(H,41,49). The molecule has 0 fully saturated rings. The first-order valence-corrected chi connectivity index (χ1v) is 16.2. The van der Waals surface area contributed by atoms with Gasteiger partial charge in [0.25, 0.3) is 11.7 Å². The van der Waals surface area contributed by atoms with Gasteiger partial charge in [-0.2, -0.15) is 28.3 Å². The highest BCUT2D eigenvalue weighted by atomic mass is 35.5. The third kappa shape index (κ3) is 8.06. The number of benzene rings is 2. The second-order valence-corrected chi connectivity index (χ2v) is 13.5. The van der Waals surface area contributed by atoms with Crippen LogP contribution < -0.4 is 5.32 Å². The van der Waals surface area contributed by atoms with Gasteiger partial charge in [-0.3, -0.25) is 9.59 Å². The normalized spacial score (nSPS) is 13.3. The van der Waals surface area contributed by atoms with Gasteiger partial charge in [-0.15, -0.1) is 10.2 Å². The zero-order valence-corrected chi connectivity index (χ0v) is 26.7. The summed E-state index contributed by atoms with van der Waals surface area (Å²) in [6.07, 6.45) is -4.06. The van der Waals surface area contributed by atoms with Crippen LogP contribution in [-0.4, -0.2) is 46.7 Å². The molecule has 0 bridgehead atoms. The average Bonchev–Trinajstić information content (AvgIpc) is 3.68. The van der Waals surface area contributed by atoms with Crippen molar-refractivity contribution in [2.45, 2.75) is 37.5 Å². The van der Waals surface area contributed by atoms with Crippen molar-refractivity contribution in [2.24, 2.45) is 0 Å². The monoisotopic (exact) mass is 745 g/mol. The lowest BCUT2D eigenvalue weighted by molar-refractivity contribution is -0.145. The van der Waals surface area contributed by atoms with Gasteiger partial charge in [0.15, 0.2) is 11.6 Å². The Morgan fingerprint density at radius 3 is 2.40 bits per heavy atom. The maximum Gasteiger partial charge on any atom is 0.455 e. The van der Waals surface area contributed by atoms with Crippen LogP contribution in [0.15, 0.2) is 65.7 Å². The molecule has 1 amide bonds. The van der Waals surface area contributed by atoms with Crippen LogP contribution in [-0.2, 0) is 25.7 Å². The Kier molecular flexibility index (Phi) is 8.73. The maximum atomic E-state index is 13.9. The van der Waals surface area contributed by atoms with Crippen molar-refractivity contribution in [1.29, 1.82) is 5.26 Å². The summed E-state index contributed by atoms with van der Waals surface area (Å²) in [4.78, 5) is 29.8. The van der Waals surface area contributed by atoms with E-state index in [1.165, 1.54) is 37.4 Å². The zero-order valence-electron chi connectivity index (χ0n) is 25.1. The van der Waals surface area contributed by atoms with Crippen molar-refractivity contribution >= 4 is 33.5 Å². The van der Waals surface area contributed by atoms with Crippen molar-refractivity contribution in [1.82, 2.24) is 40.3 Å². The summed E-state index contributed by atoms with van der Waals surface area (Å²) < 4.78 is 107. The molecule has 3 aromatic heterocycles. The van der Waals surface area contributed by atoms with Crippen LogP contribution in [0.3, 0.4) is 0 Å². The Morgan fingerprint density at radius 2 is 1.76 bits per heavy atom. The van der Waals surface area contributed by atoms with Crippen LogP contribution >= 0.6 is 21.8 Å². The highest BCUT2D eigenvalue weighted by Crippen LogP contribution is 3.02. The molecular weight excluding hydrogens is 726 g/mol. The molecule has 0 aliphatic rings. The van der Waals surface area contributed by atoms with E-state index < -0.39 is 58.3 Å². The Hall–Kier alpha value is -5.42. The fraction of sp³-hybridized carbons (Fsp3) is 0.172. The van der Waals surface area contributed by atoms with Crippen LogP contribution in [0, 0.1) is 18.3 Å². The number of nitrogens with zero attached hydrogens (tertiary/aromatic N) is 8. The lowest BCUT2D eigenvalue weighted by Gasteiger charge is -2.40. The number of amides is 1. The minimum atomic E-state index is -10.0. The number of alkyl halides is 3. The Balaban J connectivity index is 1.47. The minimum absolute atomic E-state index is 0.00193. The van der Waals surface area contributed by atoms with Crippen molar-refractivity contribution < 1.29 is 42.2 Å². The van der Waals surface area contributed by atoms with Gasteiger partial charge in [0.1, 0.15) is 17.1 Å². The average molecular weight is 746 g/mol. The van der Waals surface area contributed by atoms with Crippen molar-refractivity contribution in [3.8, 4) is 11.9 Å². The number of hydrogen-bond acceptors (Lipinski definition) is 8. The maximum absolute atomic E-state index is 13.9. The number of nitriles is 1. The molecule has 3 heterocycles. The quantitative estimate of drug-likeness (QED) is 0.117. The first-order chi connectivity index (χ1) is 23.1. The molecule has 0 unspecified atom stereocenters. The number of tetrazole rings is 1. The summed E-state index contributed by atoms with van der Waals surface area (Å²) in [5.74, 6) is -3.19. The van der Waals surface area contributed by atoms with Crippen molar-refractivity contribution in [3.05, 3.63) is 111 Å². The minimum Gasteiger partial charge on any atom is -0.348 e. The van der Waals surface area contributed by atoms with Gasteiger partial charge in [-0.1, -0.05) is 43.2 Å². The molecule has 0 saturated heterocycles. The van der Waals surface area contributed by atoms with E-state index in [-0.39, 0.29) is 56.6 Å². The van der Waals surface area contributed by atoms with E-state index in [1.54, 1.807) is 0 Å². The largest absolute Gasteiger partial charge is 0.455 e. The first kappa shape index (κ1) is 35.9.